The summed E-state index contributed by atoms with van der Waals surface area (Å²) in [7, 11) is 0. The Morgan fingerprint density at radius 3 is 2.32 bits per heavy atom. The fraction of sp³-hybridized carbons (Fsp3) is 0.409. The number of aliphatic hydroxyl groups is 1. The molecule has 4 rings (SSSR count). The van der Waals surface area contributed by atoms with Crippen molar-refractivity contribution in [3.05, 3.63) is 64.7 Å². The Kier molecular flexibility index (Phi) is 6.14. The van der Waals surface area contributed by atoms with E-state index < -0.39 is 17.8 Å². The summed E-state index contributed by atoms with van der Waals surface area (Å²) >= 11 is 5.88. The van der Waals surface area contributed by atoms with Crippen LogP contribution in [0, 0.1) is 0 Å². The molecule has 31 heavy (non-hydrogen) atoms. The lowest BCUT2D eigenvalue weighted by Gasteiger charge is -2.38. The number of amides is 1. The van der Waals surface area contributed by atoms with Crippen LogP contribution < -0.4 is 4.90 Å². The molecule has 0 aromatic heterocycles. The Labute approximate surface area is 183 Å². The van der Waals surface area contributed by atoms with Crippen molar-refractivity contribution in [2.75, 3.05) is 44.2 Å². The molecule has 2 aliphatic heterocycles. The van der Waals surface area contributed by atoms with Crippen molar-refractivity contribution in [3.63, 3.8) is 0 Å². The minimum Gasteiger partial charge on any atom is -0.390 e. The fourth-order valence-corrected chi connectivity index (χ4v) is 4.38. The van der Waals surface area contributed by atoms with Crippen LogP contribution in [0.2, 0.25) is 5.02 Å². The third-order valence-electron chi connectivity index (χ3n) is 5.96. The van der Waals surface area contributed by atoms with E-state index in [4.69, 9.17) is 11.6 Å². The first-order valence-electron chi connectivity index (χ1n) is 10.1. The smallest absolute Gasteiger partial charge is 0.390 e. The monoisotopic (exact) mass is 453 g/mol. The summed E-state index contributed by atoms with van der Waals surface area (Å²) < 4.78 is 39.1. The second kappa shape index (κ2) is 8.68. The summed E-state index contributed by atoms with van der Waals surface area (Å²) in [6.07, 6.45) is -5.08. The minimum atomic E-state index is -4.40. The highest BCUT2D eigenvalue weighted by molar-refractivity contribution is 6.30. The van der Waals surface area contributed by atoms with E-state index in [0.717, 1.165) is 12.1 Å². The number of hydrogen-bond acceptors (Lipinski definition) is 4. The van der Waals surface area contributed by atoms with Gasteiger partial charge in [-0.15, -0.1) is 0 Å². The van der Waals surface area contributed by atoms with Crippen LogP contribution in [-0.4, -0.2) is 72.2 Å². The second-order valence-corrected chi connectivity index (χ2v) is 8.36. The number of nitrogens with zero attached hydrogens (tertiary/aromatic N) is 3. The zero-order valence-electron chi connectivity index (χ0n) is 16.7. The molecular formula is C22H23ClF3N3O2. The number of carbonyl (C=O) groups is 1. The zero-order chi connectivity index (χ0) is 22.2. The van der Waals surface area contributed by atoms with E-state index in [1.165, 1.54) is 6.07 Å². The maximum Gasteiger partial charge on any atom is 0.416 e. The number of hydrogen-bond donors (Lipinski definition) is 1. The lowest BCUT2D eigenvalue weighted by atomic mass is 10.1. The van der Waals surface area contributed by atoms with E-state index in [1.54, 1.807) is 40.1 Å². The molecule has 0 aliphatic carbocycles. The van der Waals surface area contributed by atoms with E-state index >= 15 is 0 Å². The molecule has 166 valence electrons. The van der Waals surface area contributed by atoms with Gasteiger partial charge in [0, 0.05) is 55.5 Å². The predicted molar refractivity (Wildman–Crippen MR) is 112 cm³/mol. The number of piperazine rings is 1. The Bertz CT molecular complexity index is 930. The summed E-state index contributed by atoms with van der Waals surface area (Å²) in [6, 6.07) is 11.8. The topological polar surface area (TPSA) is 47.0 Å². The van der Waals surface area contributed by atoms with Crippen molar-refractivity contribution < 1.29 is 23.1 Å². The average Bonchev–Trinajstić information content (AvgIpc) is 3.15. The van der Waals surface area contributed by atoms with Crippen molar-refractivity contribution in [3.8, 4) is 0 Å². The Morgan fingerprint density at radius 1 is 1.00 bits per heavy atom. The normalized spacial score (nSPS) is 22.7. The highest BCUT2D eigenvalue weighted by Gasteiger charge is 2.38. The molecule has 0 unspecified atom stereocenters. The molecule has 2 fully saturated rings. The first-order chi connectivity index (χ1) is 14.7. The summed E-state index contributed by atoms with van der Waals surface area (Å²) in [4.78, 5) is 18.3. The SMILES string of the molecule is O=C(c1ccc(Cl)cc1)N1CCN([C@@H]2CN(c3cccc(C(F)(F)F)c3)C[C@H]2O)CC1. The number of aliphatic hydroxyl groups excluding tert-OH is 1. The van der Waals surface area contributed by atoms with Gasteiger partial charge in [0.05, 0.1) is 17.7 Å². The molecule has 2 aromatic rings. The zero-order valence-corrected chi connectivity index (χ0v) is 17.5. The van der Waals surface area contributed by atoms with Gasteiger partial charge >= 0.3 is 6.18 Å². The van der Waals surface area contributed by atoms with Gasteiger partial charge in [-0.2, -0.15) is 13.2 Å². The first-order valence-corrected chi connectivity index (χ1v) is 10.5. The summed E-state index contributed by atoms with van der Waals surface area (Å²) in [5.74, 6) is -0.0612. The molecule has 1 N–H and O–H groups in total. The number of rotatable bonds is 3. The van der Waals surface area contributed by atoms with Crippen LogP contribution in [0.1, 0.15) is 15.9 Å². The Morgan fingerprint density at radius 2 is 1.68 bits per heavy atom. The molecule has 2 aromatic carbocycles. The van der Waals surface area contributed by atoms with Gasteiger partial charge in [0.1, 0.15) is 0 Å². The maximum atomic E-state index is 13.0. The molecule has 0 radical (unpaired) electrons. The maximum absolute atomic E-state index is 13.0. The van der Waals surface area contributed by atoms with Crippen LogP contribution in [0.15, 0.2) is 48.5 Å². The third-order valence-corrected chi connectivity index (χ3v) is 6.21. The van der Waals surface area contributed by atoms with E-state index in [1.807, 2.05) is 0 Å². The number of anilines is 1. The molecule has 2 saturated heterocycles. The van der Waals surface area contributed by atoms with Gasteiger partial charge < -0.3 is 14.9 Å². The van der Waals surface area contributed by atoms with Crippen LogP contribution >= 0.6 is 11.6 Å². The number of benzene rings is 2. The standard InChI is InChI=1S/C22H23ClF3N3O2/c23-17-6-4-15(5-7-17)21(31)28-10-8-27(9-11-28)19-13-29(14-20(19)30)18-3-1-2-16(12-18)22(24,25)26/h1-7,12,19-20,30H,8-11,13-14H2/t19-,20-/m1/s1. The summed E-state index contributed by atoms with van der Waals surface area (Å²) in [5.41, 5.74) is 0.333. The molecule has 0 saturated carbocycles. The molecule has 1 amide bonds. The molecule has 9 heteroatoms. The van der Waals surface area contributed by atoms with Gasteiger partial charge in [0.15, 0.2) is 0 Å². The van der Waals surface area contributed by atoms with E-state index in [9.17, 15) is 23.1 Å². The van der Waals surface area contributed by atoms with Crippen molar-refractivity contribution in [2.24, 2.45) is 0 Å². The molecular weight excluding hydrogens is 431 g/mol. The minimum absolute atomic E-state index is 0.0612. The number of alkyl halides is 3. The fourth-order valence-electron chi connectivity index (χ4n) is 4.25. The van der Waals surface area contributed by atoms with E-state index in [0.29, 0.717) is 49.0 Å². The van der Waals surface area contributed by atoms with Crippen molar-refractivity contribution >= 4 is 23.2 Å². The van der Waals surface area contributed by atoms with Crippen molar-refractivity contribution in [2.45, 2.75) is 18.3 Å². The van der Waals surface area contributed by atoms with Gasteiger partial charge in [0.25, 0.3) is 5.91 Å². The Balaban J connectivity index is 1.37. The molecule has 0 spiro atoms. The lowest BCUT2D eigenvalue weighted by Crippen LogP contribution is -2.54. The number of β-amino-alcohol motifs (C(OH)–C–C–N with tert-alkyl or cyclic N) is 1. The third kappa shape index (κ3) is 4.81. The van der Waals surface area contributed by atoms with Crippen molar-refractivity contribution in [1.29, 1.82) is 0 Å². The van der Waals surface area contributed by atoms with Crippen LogP contribution in [-0.2, 0) is 6.18 Å². The molecule has 0 bridgehead atoms. The average molecular weight is 454 g/mol. The van der Waals surface area contributed by atoms with Gasteiger partial charge in [-0.1, -0.05) is 17.7 Å². The van der Waals surface area contributed by atoms with Gasteiger partial charge in [-0.05, 0) is 42.5 Å². The van der Waals surface area contributed by atoms with Gasteiger partial charge in [-0.25, -0.2) is 0 Å². The highest BCUT2D eigenvalue weighted by atomic mass is 35.5. The first kappa shape index (κ1) is 21.9. The Hall–Kier alpha value is -2.29. The van der Waals surface area contributed by atoms with E-state index in [-0.39, 0.29) is 18.5 Å². The summed E-state index contributed by atoms with van der Waals surface area (Å²) in [6.45, 7) is 2.95. The second-order valence-electron chi connectivity index (χ2n) is 7.92. The largest absolute Gasteiger partial charge is 0.416 e. The number of halogens is 4. The molecule has 2 atom stereocenters. The van der Waals surface area contributed by atoms with Crippen LogP contribution in [0.3, 0.4) is 0 Å². The molecule has 5 nitrogen and oxygen atoms in total. The van der Waals surface area contributed by atoms with Gasteiger partial charge in [-0.3, -0.25) is 9.69 Å². The van der Waals surface area contributed by atoms with Crippen LogP contribution in [0.25, 0.3) is 0 Å². The van der Waals surface area contributed by atoms with Gasteiger partial charge in [0.2, 0.25) is 0 Å². The van der Waals surface area contributed by atoms with Crippen molar-refractivity contribution in [1.82, 2.24) is 9.80 Å². The van der Waals surface area contributed by atoms with Crippen LogP contribution in [0.5, 0.6) is 0 Å². The highest BCUT2D eigenvalue weighted by Crippen LogP contribution is 2.33. The predicted octanol–water partition coefficient (Wildman–Crippen LogP) is 3.37. The summed E-state index contributed by atoms with van der Waals surface area (Å²) in [5, 5.41) is 11.2. The number of carbonyl (C=O) groups excluding carboxylic acids is 1. The lowest BCUT2D eigenvalue weighted by molar-refractivity contribution is -0.137. The van der Waals surface area contributed by atoms with Crippen LogP contribution in [0.4, 0.5) is 18.9 Å². The molecule has 2 aliphatic rings. The van der Waals surface area contributed by atoms with E-state index in [2.05, 4.69) is 4.90 Å². The quantitative estimate of drug-likeness (QED) is 0.774. The molecule has 2 heterocycles.